The van der Waals surface area contributed by atoms with E-state index in [1.165, 1.54) is 0 Å². The second-order valence-electron chi connectivity index (χ2n) is 6.41. The van der Waals surface area contributed by atoms with Gasteiger partial charge < -0.3 is 10.3 Å². The van der Waals surface area contributed by atoms with E-state index >= 15 is 0 Å². The van der Waals surface area contributed by atoms with Crippen molar-refractivity contribution in [2.45, 2.75) is 26.2 Å². The molecule has 2 N–H and O–H groups in total. The molecule has 2 aromatic carbocycles. The van der Waals surface area contributed by atoms with E-state index in [0.29, 0.717) is 36.4 Å². The largest absolute Gasteiger partial charge is 0.356 e. The van der Waals surface area contributed by atoms with Crippen LogP contribution in [0.4, 0.5) is 0 Å². The summed E-state index contributed by atoms with van der Waals surface area (Å²) in [5, 5.41) is 4.56. The number of H-pyrrole nitrogens is 1. The van der Waals surface area contributed by atoms with Crippen LogP contribution in [0, 0.1) is 6.92 Å². The fourth-order valence-electron chi connectivity index (χ4n) is 2.93. The molecule has 0 bridgehead atoms. The van der Waals surface area contributed by atoms with Crippen LogP contribution < -0.4 is 10.9 Å². The molecule has 3 rings (SSSR count). The van der Waals surface area contributed by atoms with Gasteiger partial charge in [-0.3, -0.25) is 9.59 Å². The van der Waals surface area contributed by atoms with E-state index in [-0.39, 0.29) is 11.5 Å². The first-order chi connectivity index (χ1) is 12.5. The number of amides is 1. The third-order valence-corrected chi connectivity index (χ3v) is 4.74. The zero-order chi connectivity index (χ0) is 18.5. The smallest absolute Gasteiger partial charge is 0.251 e. The number of carbonyl (C=O) groups is 1. The maximum absolute atomic E-state index is 12.2. The quantitative estimate of drug-likeness (QED) is 0.695. The Kier molecular flexibility index (Phi) is 5.74. The minimum Gasteiger partial charge on any atom is -0.356 e. The fourth-order valence-corrected chi connectivity index (χ4v) is 3.16. The highest BCUT2D eigenvalue weighted by molar-refractivity contribution is 6.31. The van der Waals surface area contributed by atoms with E-state index in [0.717, 1.165) is 22.0 Å². The maximum Gasteiger partial charge on any atom is 0.251 e. The number of aromatic amines is 1. The van der Waals surface area contributed by atoms with Crippen LogP contribution in [0.2, 0.25) is 5.02 Å². The van der Waals surface area contributed by atoms with Crippen LogP contribution in [-0.2, 0) is 17.6 Å². The van der Waals surface area contributed by atoms with E-state index in [2.05, 4.69) is 10.3 Å². The van der Waals surface area contributed by atoms with Crippen molar-refractivity contribution in [2.75, 3.05) is 6.54 Å². The summed E-state index contributed by atoms with van der Waals surface area (Å²) < 4.78 is 0. The van der Waals surface area contributed by atoms with Gasteiger partial charge in [0.05, 0.1) is 0 Å². The van der Waals surface area contributed by atoms with Gasteiger partial charge in [-0.1, -0.05) is 41.4 Å². The Morgan fingerprint density at radius 3 is 2.69 bits per heavy atom. The average Bonchev–Trinajstić information content (AvgIpc) is 2.62. The molecule has 5 heteroatoms. The van der Waals surface area contributed by atoms with Gasteiger partial charge in [0, 0.05) is 29.1 Å². The van der Waals surface area contributed by atoms with E-state index in [1.807, 2.05) is 55.5 Å². The number of nitrogens with one attached hydrogen (secondary N) is 2. The SMILES string of the molecule is Cc1ccc2[nH]c(=O)c(CCNC(=O)CCc3ccccc3Cl)cc2c1. The van der Waals surface area contributed by atoms with E-state index in [4.69, 9.17) is 11.6 Å². The molecule has 0 saturated carbocycles. The molecule has 0 spiro atoms. The average molecular weight is 369 g/mol. The van der Waals surface area contributed by atoms with Crippen LogP contribution in [-0.4, -0.2) is 17.4 Å². The highest BCUT2D eigenvalue weighted by atomic mass is 35.5. The predicted molar refractivity (Wildman–Crippen MR) is 106 cm³/mol. The van der Waals surface area contributed by atoms with Crippen molar-refractivity contribution >= 4 is 28.4 Å². The second-order valence-corrected chi connectivity index (χ2v) is 6.81. The van der Waals surface area contributed by atoms with Crippen LogP contribution in [0.15, 0.2) is 53.3 Å². The van der Waals surface area contributed by atoms with E-state index in [9.17, 15) is 9.59 Å². The van der Waals surface area contributed by atoms with Crippen molar-refractivity contribution in [3.8, 4) is 0 Å². The number of carbonyl (C=O) groups excluding carboxylic acids is 1. The number of benzene rings is 2. The Balaban J connectivity index is 1.55. The van der Waals surface area contributed by atoms with Gasteiger partial charge in [0.15, 0.2) is 0 Å². The molecule has 1 heterocycles. The minimum atomic E-state index is -0.105. The lowest BCUT2D eigenvalue weighted by Gasteiger charge is -2.07. The van der Waals surface area contributed by atoms with Crippen LogP contribution in [0.25, 0.3) is 10.9 Å². The molecule has 0 saturated heterocycles. The second kappa shape index (κ2) is 8.19. The molecule has 0 atom stereocenters. The third-order valence-electron chi connectivity index (χ3n) is 4.37. The molecule has 0 radical (unpaired) electrons. The van der Waals surface area contributed by atoms with Gasteiger partial charge in [-0.25, -0.2) is 0 Å². The van der Waals surface area contributed by atoms with Gasteiger partial charge in [0.1, 0.15) is 0 Å². The summed E-state index contributed by atoms with van der Waals surface area (Å²) in [5.74, 6) is -0.0435. The zero-order valence-electron chi connectivity index (χ0n) is 14.6. The number of hydrogen-bond donors (Lipinski definition) is 2. The summed E-state index contributed by atoms with van der Waals surface area (Å²) in [6, 6.07) is 15.3. The number of fused-ring (bicyclic) bond motifs is 1. The van der Waals surface area contributed by atoms with Gasteiger partial charge >= 0.3 is 0 Å². The normalized spacial score (nSPS) is 10.8. The lowest BCUT2D eigenvalue weighted by Crippen LogP contribution is -2.27. The number of halogens is 1. The highest BCUT2D eigenvalue weighted by Gasteiger charge is 2.07. The molecule has 0 unspecified atom stereocenters. The molecule has 134 valence electrons. The molecular formula is C21H21ClN2O2. The van der Waals surface area contributed by atoms with Crippen LogP contribution >= 0.6 is 11.6 Å². The summed E-state index contributed by atoms with van der Waals surface area (Å²) >= 11 is 6.10. The summed E-state index contributed by atoms with van der Waals surface area (Å²) in [4.78, 5) is 27.1. The van der Waals surface area contributed by atoms with Crippen LogP contribution in [0.3, 0.4) is 0 Å². The van der Waals surface area contributed by atoms with Gasteiger partial charge in [0.2, 0.25) is 5.91 Å². The number of pyridine rings is 1. The monoisotopic (exact) mass is 368 g/mol. The van der Waals surface area contributed by atoms with E-state index in [1.54, 1.807) is 0 Å². The Hall–Kier alpha value is -2.59. The molecule has 0 aliphatic heterocycles. The topological polar surface area (TPSA) is 62.0 Å². The first-order valence-corrected chi connectivity index (χ1v) is 9.03. The first kappa shape index (κ1) is 18.2. The highest BCUT2D eigenvalue weighted by Crippen LogP contribution is 2.16. The van der Waals surface area contributed by atoms with Gasteiger partial charge in [0.25, 0.3) is 5.56 Å². The number of aromatic nitrogens is 1. The van der Waals surface area contributed by atoms with Crippen molar-refractivity contribution < 1.29 is 4.79 Å². The van der Waals surface area contributed by atoms with Crippen LogP contribution in [0.5, 0.6) is 0 Å². The van der Waals surface area contributed by atoms with Crippen molar-refractivity contribution in [2.24, 2.45) is 0 Å². The number of aryl methyl sites for hydroxylation is 2. The first-order valence-electron chi connectivity index (χ1n) is 8.65. The Labute approximate surface area is 157 Å². The van der Waals surface area contributed by atoms with Crippen molar-refractivity contribution in [3.05, 3.63) is 80.6 Å². The minimum absolute atomic E-state index is 0.0435. The molecule has 0 fully saturated rings. The van der Waals surface area contributed by atoms with Gasteiger partial charge in [-0.15, -0.1) is 0 Å². The standard InChI is InChI=1S/C21H21ClN2O2/c1-14-6-8-19-17(12-14)13-16(21(26)24-19)10-11-23-20(25)9-7-15-4-2-3-5-18(15)22/h2-6,8,12-13H,7,9-11H2,1H3,(H,23,25)(H,24,26). The molecule has 3 aromatic rings. The molecule has 1 amide bonds. The molecular weight excluding hydrogens is 348 g/mol. The van der Waals surface area contributed by atoms with Crippen molar-refractivity contribution in [3.63, 3.8) is 0 Å². The Bertz CT molecular complexity index is 995. The van der Waals surface area contributed by atoms with Gasteiger partial charge in [-0.2, -0.15) is 0 Å². The van der Waals surface area contributed by atoms with E-state index < -0.39 is 0 Å². The summed E-state index contributed by atoms with van der Waals surface area (Å²) in [6.45, 7) is 2.45. The number of hydrogen-bond acceptors (Lipinski definition) is 2. The lowest BCUT2D eigenvalue weighted by atomic mass is 10.1. The van der Waals surface area contributed by atoms with Crippen molar-refractivity contribution in [1.29, 1.82) is 0 Å². The fraction of sp³-hybridized carbons (Fsp3) is 0.238. The Morgan fingerprint density at radius 2 is 1.88 bits per heavy atom. The third kappa shape index (κ3) is 4.52. The molecule has 4 nitrogen and oxygen atoms in total. The zero-order valence-corrected chi connectivity index (χ0v) is 15.4. The molecule has 1 aromatic heterocycles. The predicted octanol–water partition coefficient (Wildman–Crippen LogP) is 3.78. The van der Waals surface area contributed by atoms with Gasteiger partial charge in [-0.05, 0) is 55.0 Å². The summed E-state index contributed by atoms with van der Waals surface area (Å²) in [5.41, 5.74) is 3.50. The number of rotatable bonds is 6. The van der Waals surface area contributed by atoms with Crippen molar-refractivity contribution in [1.82, 2.24) is 10.3 Å². The van der Waals surface area contributed by atoms with Crippen LogP contribution in [0.1, 0.15) is 23.1 Å². The molecule has 26 heavy (non-hydrogen) atoms. The Morgan fingerprint density at radius 1 is 1.08 bits per heavy atom. The molecule has 0 aliphatic rings. The molecule has 0 aliphatic carbocycles. The summed E-state index contributed by atoms with van der Waals surface area (Å²) in [6.07, 6.45) is 1.47. The maximum atomic E-state index is 12.2. The summed E-state index contributed by atoms with van der Waals surface area (Å²) in [7, 11) is 0. The lowest BCUT2D eigenvalue weighted by molar-refractivity contribution is -0.121.